The Morgan fingerprint density at radius 2 is 1.97 bits per heavy atom. The van der Waals surface area contributed by atoms with Crippen molar-refractivity contribution in [3.8, 4) is 5.75 Å². The van der Waals surface area contributed by atoms with E-state index in [0.717, 1.165) is 0 Å². The van der Waals surface area contributed by atoms with Gasteiger partial charge in [-0.3, -0.25) is 4.79 Å². The second-order valence-electron chi connectivity index (χ2n) is 6.83. The molecular formula is C24H20N2O6. The van der Waals surface area contributed by atoms with Crippen LogP contribution < -0.4 is 10.9 Å². The summed E-state index contributed by atoms with van der Waals surface area (Å²) in [5.74, 6) is -0.269. The van der Waals surface area contributed by atoms with Crippen molar-refractivity contribution in [2.45, 2.75) is 13.5 Å². The quantitative estimate of drug-likeness (QED) is 0.444. The number of amides is 1. The molecule has 4 rings (SSSR count). The van der Waals surface area contributed by atoms with Gasteiger partial charge in [0.15, 0.2) is 0 Å². The maximum absolute atomic E-state index is 12.9. The fourth-order valence-electron chi connectivity index (χ4n) is 3.06. The Bertz CT molecular complexity index is 1340. The minimum atomic E-state index is -0.471. The van der Waals surface area contributed by atoms with Crippen LogP contribution in [0.25, 0.3) is 11.0 Å². The molecule has 2 N–H and O–H groups in total. The van der Waals surface area contributed by atoms with Crippen LogP contribution in [-0.2, 0) is 11.3 Å². The van der Waals surface area contributed by atoms with Gasteiger partial charge in [-0.05, 0) is 55.5 Å². The van der Waals surface area contributed by atoms with Gasteiger partial charge in [0.2, 0.25) is 5.55 Å². The normalized spacial score (nSPS) is 11.5. The minimum Gasteiger partial charge on any atom is -0.508 e. The number of hydrogen-bond donors (Lipinski definition) is 2. The van der Waals surface area contributed by atoms with Crippen LogP contribution >= 0.6 is 0 Å². The van der Waals surface area contributed by atoms with Crippen LogP contribution in [0.3, 0.4) is 0 Å². The Balaban J connectivity index is 1.77. The molecule has 0 saturated heterocycles. The Kier molecular flexibility index (Phi) is 6.03. The Labute approximate surface area is 182 Å². The summed E-state index contributed by atoms with van der Waals surface area (Å²) in [4.78, 5) is 29.4. The van der Waals surface area contributed by atoms with E-state index in [1.807, 2.05) is 0 Å². The highest BCUT2D eigenvalue weighted by atomic mass is 16.5. The first-order chi connectivity index (χ1) is 15.5. The van der Waals surface area contributed by atoms with Crippen molar-refractivity contribution in [1.29, 1.82) is 0 Å². The van der Waals surface area contributed by atoms with Crippen molar-refractivity contribution in [3.05, 3.63) is 89.4 Å². The number of phenols is 1. The van der Waals surface area contributed by atoms with Gasteiger partial charge in [0, 0.05) is 11.5 Å². The Morgan fingerprint density at radius 1 is 1.09 bits per heavy atom. The predicted molar refractivity (Wildman–Crippen MR) is 115 cm³/mol. The first kappa shape index (κ1) is 20.9. The topological polar surface area (TPSA) is 114 Å². The molecule has 0 radical (unpaired) electrons. The number of furan rings is 1. The third-order valence-corrected chi connectivity index (χ3v) is 4.57. The SMILES string of the molecule is CCOC(=O)c1cccc(N=c2oc3cc(O)ccc3cc2C(=O)NCc2ccco2)c1. The standard InChI is InChI=1S/C24H20N2O6/c1-2-30-24(29)16-5-3-6-17(11-16)26-23-20(22(28)25-14-19-7-4-10-31-19)12-15-8-9-18(27)13-21(15)32-23/h3-13,27H,2,14H2,1H3,(H,25,28). The fourth-order valence-corrected chi connectivity index (χ4v) is 3.06. The molecule has 0 fully saturated rings. The number of rotatable bonds is 6. The Hall–Kier alpha value is -4.33. The van der Waals surface area contributed by atoms with Gasteiger partial charge in [-0.25, -0.2) is 9.79 Å². The van der Waals surface area contributed by atoms with Crippen molar-refractivity contribution in [3.63, 3.8) is 0 Å². The number of fused-ring (bicyclic) bond motifs is 1. The largest absolute Gasteiger partial charge is 0.508 e. The average molecular weight is 432 g/mol. The third kappa shape index (κ3) is 4.70. The van der Waals surface area contributed by atoms with Gasteiger partial charge in [-0.2, -0.15) is 0 Å². The highest BCUT2D eigenvalue weighted by molar-refractivity contribution is 5.96. The molecule has 1 amide bonds. The molecule has 0 aliphatic carbocycles. The molecule has 0 spiro atoms. The molecule has 0 bridgehead atoms. The van der Waals surface area contributed by atoms with Crippen LogP contribution in [0.5, 0.6) is 5.75 Å². The van der Waals surface area contributed by atoms with E-state index in [0.29, 0.717) is 28.0 Å². The smallest absolute Gasteiger partial charge is 0.338 e. The van der Waals surface area contributed by atoms with E-state index in [1.54, 1.807) is 55.5 Å². The van der Waals surface area contributed by atoms with Gasteiger partial charge in [0.05, 0.1) is 30.7 Å². The molecule has 32 heavy (non-hydrogen) atoms. The molecule has 0 saturated carbocycles. The predicted octanol–water partition coefficient (Wildman–Crippen LogP) is 4.07. The summed E-state index contributed by atoms with van der Waals surface area (Å²) in [7, 11) is 0. The van der Waals surface area contributed by atoms with Crippen molar-refractivity contribution >= 4 is 28.5 Å². The van der Waals surface area contributed by atoms with E-state index < -0.39 is 11.9 Å². The lowest BCUT2D eigenvalue weighted by Gasteiger charge is -2.07. The zero-order valence-electron chi connectivity index (χ0n) is 17.2. The summed E-state index contributed by atoms with van der Waals surface area (Å²) in [6.45, 7) is 2.17. The van der Waals surface area contributed by atoms with Gasteiger partial charge in [0.25, 0.3) is 5.91 Å². The zero-order chi connectivity index (χ0) is 22.5. The summed E-state index contributed by atoms with van der Waals surface area (Å²) in [6, 6.07) is 16.2. The lowest BCUT2D eigenvalue weighted by Crippen LogP contribution is -2.28. The van der Waals surface area contributed by atoms with Crippen LogP contribution in [-0.4, -0.2) is 23.6 Å². The minimum absolute atomic E-state index is 0.0199. The highest BCUT2D eigenvalue weighted by Gasteiger charge is 2.14. The van der Waals surface area contributed by atoms with Gasteiger partial charge in [-0.1, -0.05) is 6.07 Å². The van der Waals surface area contributed by atoms with Crippen LogP contribution in [0, 0.1) is 0 Å². The average Bonchev–Trinajstić information content (AvgIpc) is 3.31. The number of ether oxygens (including phenoxy) is 1. The molecule has 8 nitrogen and oxygen atoms in total. The van der Waals surface area contributed by atoms with Crippen LogP contribution in [0.4, 0.5) is 5.69 Å². The molecule has 0 aliphatic heterocycles. The molecule has 4 aromatic rings. The van der Waals surface area contributed by atoms with E-state index in [2.05, 4.69) is 10.3 Å². The summed E-state index contributed by atoms with van der Waals surface area (Å²) in [6.07, 6.45) is 1.52. The summed E-state index contributed by atoms with van der Waals surface area (Å²) in [5, 5.41) is 13.2. The van der Waals surface area contributed by atoms with E-state index in [9.17, 15) is 14.7 Å². The van der Waals surface area contributed by atoms with E-state index in [1.165, 1.54) is 18.4 Å². The summed E-state index contributed by atoms with van der Waals surface area (Å²) < 4.78 is 16.1. The number of esters is 1. The molecule has 8 heteroatoms. The first-order valence-electron chi connectivity index (χ1n) is 9.93. The number of phenolic OH excluding ortho intramolecular Hbond substituents is 1. The van der Waals surface area contributed by atoms with Crippen molar-refractivity contribution < 1.29 is 28.3 Å². The second-order valence-corrected chi connectivity index (χ2v) is 6.83. The number of nitrogens with one attached hydrogen (secondary N) is 1. The lowest BCUT2D eigenvalue weighted by molar-refractivity contribution is 0.0526. The van der Waals surface area contributed by atoms with E-state index >= 15 is 0 Å². The van der Waals surface area contributed by atoms with Crippen molar-refractivity contribution in [2.24, 2.45) is 4.99 Å². The lowest BCUT2D eigenvalue weighted by atomic mass is 10.1. The van der Waals surface area contributed by atoms with Gasteiger partial charge in [-0.15, -0.1) is 0 Å². The fraction of sp³-hybridized carbons (Fsp3) is 0.125. The second kappa shape index (κ2) is 9.22. The summed E-state index contributed by atoms with van der Waals surface area (Å²) >= 11 is 0. The maximum atomic E-state index is 12.9. The van der Waals surface area contributed by atoms with Gasteiger partial charge in [0.1, 0.15) is 22.7 Å². The van der Waals surface area contributed by atoms with Crippen molar-refractivity contribution in [2.75, 3.05) is 6.61 Å². The van der Waals surface area contributed by atoms with E-state index in [-0.39, 0.29) is 30.0 Å². The zero-order valence-corrected chi connectivity index (χ0v) is 17.2. The highest BCUT2D eigenvalue weighted by Crippen LogP contribution is 2.20. The number of nitrogens with zero attached hydrogens (tertiary/aromatic N) is 1. The Morgan fingerprint density at radius 3 is 2.75 bits per heavy atom. The van der Waals surface area contributed by atoms with Crippen LogP contribution in [0.15, 0.2) is 80.8 Å². The molecule has 0 unspecified atom stereocenters. The number of carbonyl (C=O) groups is 2. The molecule has 2 aromatic heterocycles. The molecular weight excluding hydrogens is 412 g/mol. The third-order valence-electron chi connectivity index (χ3n) is 4.57. The van der Waals surface area contributed by atoms with Crippen LogP contribution in [0.1, 0.15) is 33.4 Å². The van der Waals surface area contributed by atoms with Gasteiger partial charge < -0.3 is 24.0 Å². The number of benzene rings is 2. The number of hydrogen-bond acceptors (Lipinski definition) is 7. The molecule has 2 heterocycles. The van der Waals surface area contributed by atoms with Crippen molar-refractivity contribution in [1.82, 2.24) is 5.32 Å². The molecule has 0 aliphatic rings. The molecule has 162 valence electrons. The van der Waals surface area contributed by atoms with Gasteiger partial charge >= 0.3 is 5.97 Å². The first-order valence-corrected chi connectivity index (χ1v) is 9.93. The summed E-state index contributed by atoms with van der Waals surface area (Å²) in [5.41, 5.74) is 1.31. The molecule has 2 aromatic carbocycles. The number of aromatic hydroxyl groups is 1. The van der Waals surface area contributed by atoms with E-state index in [4.69, 9.17) is 13.6 Å². The monoisotopic (exact) mass is 432 g/mol. The van der Waals surface area contributed by atoms with Crippen LogP contribution in [0.2, 0.25) is 0 Å². The molecule has 0 atom stereocenters. The maximum Gasteiger partial charge on any atom is 0.338 e. The number of carbonyl (C=O) groups excluding carboxylic acids is 2.